The summed E-state index contributed by atoms with van der Waals surface area (Å²) < 4.78 is 6.35. The van der Waals surface area contributed by atoms with Gasteiger partial charge in [0.05, 0.1) is 17.2 Å². The number of ether oxygens (including phenoxy) is 1. The number of carbonyl (C=O) groups is 2. The van der Waals surface area contributed by atoms with Crippen LogP contribution in [0.25, 0.3) is 0 Å². The van der Waals surface area contributed by atoms with Crippen molar-refractivity contribution in [2.75, 3.05) is 18.5 Å². The molecule has 0 spiro atoms. The fourth-order valence-electron chi connectivity index (χ4n) is 3.81. The number of hydrogen-bond donors (Lipinski definition) is 2. The van der Waals surface area contributed by atoms with Crippen molar-refractivity contribution >= 4 is 44.1 Å². The highest BCUT2D eigenvalue weighted by Gasteiger charge is 2.27. The smallest absolute Gasteiger partial charge is 0.257 e. The first-order valence-corrected chi connectivity index (χ1v) is 11.3. The van der Waals surface area contributed by atoms with Crippen molar-refractivity contribution in [1.82, 2.24) is 5.32 Å². The molecule has 0 radical (unpaired) electrons. The average molecular weight is 463 g/mol. The molecule has 0 bridgehead atoms. The van der Waals surface area contributed by atoms with Gasteiger partial charge in [-0.2, -0.15) is 0 Å². The SMILES string of the molecule is O=C(Nc1sc2c(c1C(=O)NC[C@H]1CCCO1)CCCC2)c1ccccc1Br. The quantitative estimate of drug-likeness (QED) is 0.684. The van der Waals surface area contributed by atoms with Crippen LogP contribution in [-0.2, 0) is 17.6 Å². The lowest BCUT2D eigenvalue weighted by atomic mass is 9.95. The van der Waals surface area contributed by atoms with Gasteiger partial charge < -0.3 is 15.4 Å². The number of benzene rings is 1. The Morgan fingerprint density at radius 2 is 1.96 bits per heavy atom. The Morgan fingerprint density at radius 1 is 1.14 bits per heavy atom. The van der Waals surface area contributed by atoms with E-state index in [0.29, 0.717) is 22.7 Å². The Kier molecular flexibility index (Phi) is 6.13. The first-order valence-electron chi connectivity index (χ1n) is 9.73. The van der Waals surface area contributed by atoms with E-state index in [9.17, 15) is 9.59 Å². The van der Waals surface area contributed by atoms with Gasteiger partial charge in [0.2, 0.25) is 0 Å². The van der Waals surface area contributed by atoms with E-state index in [-0.39, 0.29) is 17.9 Å². The monoisotopic (exact) mass is 462 g/mol. The molecule has 2 heterocycles. The van der Waals surface area contributed by atoms with E-state index in [1.54, 1.807) is 6.07 Å². The maximum atomic E-state index is 13.0. The van der Waals surface area contributed by atoms with E-state index in [1.165, 1.54) is 16.2 Å². The maximum Gasteiger partial charge on any atom is 0.257 e. The zero-order valence-corrected chi connectivity index (χ0v) is 18.0. The van der Waals surface area contributed by atoms with Gasteiger partial charge in [-0.1, -0.05) is 12.1 Å². The van der Waals surface area contributed by atoms with Crippen molar-refractivity contribution in [2.45, 2.75) is 44.6 Å². The lowest BCUT2D eigenvalue weighted by molar-refractivity contribution is 0.0858. The summed E-state index contributed by atoms with van der Waals surface area (Å²) in [4.78, 5) is 27.0. The van der Waals surface area contributed by atoms with E-state index < -0.39 is 0 Å². The summed E-state index contributed by atoms with van der Waals surface area (Å²) >= 11 is 4.96. The van der Waals surface area contributed by atoms with Gasteiger partial charge in [0.25, 0.3) is 11.8 Å². The van der Waals surface area contributed by atoms with Crippen molar-refractivity contribution in [3.8, 4) is 0 Å². The third-order valence-corrected chi connectivity index (χ3v) is 7.16. The first-order chi connectivity index (χ1) is 13.6. The summed E-state index contributed by atoms with van der Waals surface area (Å²) in [6.07, 6.45) is 6.18. The van der Waals surface area contributed by atoms with E-state index >= 15 is 0 Å². The van der Waals surface area contributed by atoms with Crippen molar-refractivity contribution in [3.05, 3.63) is 50.3 Å². The van der Waals surface area contributed by atoms with Crippen LogP contribution in [0.2, 0.25) is 0 Å². The number of aryl methyl sites for hydroxylation is 1. The second kappa shape index (κ2) is 8.76. The summed E-state index contributed by atoms with van der Waals surface area (Å²) in [6.45, 7) is 1.28. The molecule has 2 aromatic rings. The van der Waals surface area contributed by atoms with Gasteiger partial charge in [-0.25, -0.2) is 0 Å². The van der Waals surface area contributed by atoms with Crippen LogP contribution in [0.1, 0.15) is 56.8 Å². The minimum Gasteiger partial charge on any atom is -0.376 e. The summed E-state index contributed by atoms with van der Waals surface area (Å²) in [5.41, 5.74) is 2.29. The number of anilines is 1. The fraction of sp³-hybridized carbons (Fsp3) is 0.429. The van der Waals surface area contributed by atoms with Crippen LogP contribution in [0.15, 0.2) is 28.7 Å². The van der Waals surface area contributed by atoms with Crippen LogP contribution in [0, 0.1) is 0 Å². The minimum atomic E-state index is -0.209. The standard InChI is InChI=1S/C21H23BrN2O3S/c22-16-9-3-1-7-14(16)19(25)24-21-18(15-8-2-4-10-17(15)28-21)20(26)23-12-13-6-5-11-27-13/h1,3,7,9,13H,2,4-6,8,10-12H2,(H,23,26)(H,24,25)/t13-/m1/s1. The molecule has 2 aliphatic rings. The van der Waals surface area contributed by atoms with Crippen LogP contribution in [-0.4, -0.2) is 31.1 Å². The molecule has 0 unspecified atom stereocenters. The summed E-state index contributed by atoms with van der Waals surface area (Å²) in [5.74, 6) is -0.323. The molecule has 0 saturated carbocycles. The van der Waals surface area contributed by atoms with Crippen LogP contribution in [0.3, 0.4) is 0 Å². The normalized spacial score (nSPS) is 18.5. The number of fused-ring (bicyclic) bond motifs is 1. The Bertz CT molecular complexity index is 890. The molecule has 5 nitrogen and oxygen atoms in total. The topological polar surface area (TPSA) is 67.4 Å². The Hall–Kier alpha value is -1.70. The van der Waals surface area contributed by atoms with Gasteiger partial charge in [-0.05, 0) is 72.2 Å². The second-order valence-electron chi connectivity index (χ2n) is 7.19. The maximum absolute atomic E-state index is 13.0. The second-order valence-corrected chi connectivity index (χ2v) is 9.15. The number of nitrogens with one attached hydrogen (secondary N) is 2. The highest BCUT2D eigenvalue weighted by Crippen LogP contribution is 2.38. The molecule has 148 valence electrons. The number of hydrogen-bond acceptors (Lipinski definition) is 4. The van der Waals surface area contributed by atoms with Gasteiger partial charge >= 0.3 is 0 Å². The molecule has 1 aromatic carbocycles. The lowest BCUT2D eigenvalue weighted by Gasteiger charge is -2.15. The molecule has 1 aliphatic heterocycles. The molecular formula is C21H23BrN2O3S. The first kappa shape index (κ1) is 19.6. The van der Waals surface area contributed by atoms with Gasteiger partial charge in [0.15, 0.2) is 0 Å². The molecule has 7 heteroatoms. The molecule has 1 aliphatic carbocycles. The molecular weight excluding hydrogens is 440 g/mol. The Morgan fingerprint density at radius 3 is 2.75 bits per heavy atom. The van der Waals surface area contributed by atoms with Gasteiger partial charge in [0, 0.05) is 22.5 Å². The molecule has 28 heavy (non-hydrogen) atoms. The number of rotatable bonds is 5. The molecule has 1 atom stereocenters. The lowest BCUT2D eigenvalue weighted by Crippen LogP contribution is -2.32. The number of thiophene rings is 1. The molecule has 2 amide bonds. The fourth-order valence-corrected chi connectivity index (χ4v) is 5.56. The Balaban J connectivity index is 1.57. The van der Waals surface area contributed by atoms with Crippen LogP contribution in [0.4, 0.5) is 5.00 Å². The summed E-state index contributed by atoms with van der Waals surface area (Å²) in [6, 6.07) is 7.30. The van der Waals surface area contributed by atoms with Gasteiger partial charge in [0.1, 0.15) is 5.00 Å². The highest BCUT2D eigenvalue weighted by molar-refractivity contribution is 9.10. The predicted octanol–water partition coefficient (Wildman–Crippen LogP) is 4.55. The molecule has 1 aromatic heterocycles. The van der Waals surface area contributed by atoms with Crippen LogP contribution < -0.4 is 10.6 Å². The Labute approximate surface area is 177 Å². The van der Waals surface area contributed by atoms with E-state index in [1.807, 2.05) is 18.2 Å². The minimum absolute atomic E-state index is 0.0942. The third kappa shape index (κ3) is 4.16. The van der Waals surface area contributed by atoms with E-state index in [0.717, 1.165) is 55.2 Å². The number of halogens is 1. The van der Waals surface area contributed by atoms with Crippen molar-refractivity contribution in [3.63, 3.8) is 0 Å². The van der Waals surface area contributed by atoms with Crippen molar-refractivity contribution in [1.29, 1.82) is 0 Å². The summed E-state index contributed by atoms with van der Waals surface area (Å²) in [7, 11) is 0. The molecule has 1 saturated heterocycles. The molecule has 1 fully saturated rings. The average Bonchev–Trinajstić information content (AvgIpc) is 3.33. The van der Waals surface area contributed by atoms with E-state index in [4.69, 9.17) is 4.74 Å². The van der Waals surface area contributed by atoms with Crippen LogP contribution >= 0.6 is 27.3 Å². The van der Waals surface area contributed by atoms with Crippen molar-refractivity contribution in [2.24, 2.45) is 0 Å². The van der Waals surface area contributed by atoms with E-state index in [2.05, 4.69) is 26.6 Å². The number of carbonyl (C=O) groups excluding carboxylic acids is 2. The zero-order chi connectivity index (χ0) is 19.5. The van der Waals surface area contributed by atoms with Gasteiger partial charge in [-0.15, -0.1) is 11.3 Å². The molecule has 2 N–H and O–H groups in total. The zero-order valence-electron chi connectivity index (χ0n) is 15.6. The van der Waals surface area contributed by atoms with Gasteiger partial charge in [-0.3, -0.25) is 9.59 Å². The number of amides is 2. The third-order valence-electron chi connectivity index (χ3n) is 5.26. The summed E-state index contributed by atoms with van der Waals surface area (Å²) in [5, 5.41) is 6.67. The highest BCUT2D eigenvalue weighted by atomic mass is 79.9. The predicted molar refractivity (Wildman–Crippen MR) is 114 cm³/mol. The van der Waals surface area contributed by atoms with Crippen molar-refractivity contribution < 1.29 is 14.3 Å². The molecule has 4 rings (SSSR count). The van der Waals surface area contributed by atoms with Crippen LogP contribution in [0.5, 0.6) is 0 Å². The largest absolute Gasteiger partial charge is 0.376 e.